The Labute approximate surface area is 194 Å². The van der Waals surface area contributed by atoms with Crippen molar-refractivity contribution >= 4 is 26.8 Å². The number of para-hydroxylation sites is 1. The summed E-state index contributed by atoms with van der Waals surface area (Å²) in [5.41, 5.74) is 3.69. The highest BCUT2D eigenvalue weighted by Gasteiger charge is 2.24. The zero-order valence-electron chi connectivity index (χ0n) is 17.6. The van der Waals surface area contributed by atoms with Crippen LogP contribution in [0.25, 0.3) is 10.9 Å². The van der Waals surface area contributed by atoms with E-state index in [9.17, 15) is 10.1 Å². The largest absolute Gasteiger partial charge is 0.490 e. The highest BCUT2D eigenvalue weighted by Crippen LogP contribution is 2.36. The molecule has 0 saturated heterocycles. The summed E-state index contributed by atoms with van der Waals surface area (Å²) in [6.07, 6.45) is 1.86. The average Bonchev–Trinajstić information content (AvgIpc) is 3.22. The number of aromatic amines is 1. The number of fused-ring (bicyclic) bond motifs is 1. The van der Waals surface area contributed by atoms with Crippen LogP contribution in [0.4, 0.5) is 0 Å². The molecule has 32 heavy (non-hydrogen) atoms. The van der Waals surface area contributed by atoms with Gasteiger partial charge in [-0.2, -0.15) is 0 Å². The number of hydrogen-bond donors (Lipinski definition) is 1. The van der Waals surface area contributed by atoms with Gasteiger partial charge in [-0.15, -0.1) is 0 Å². The fourth-order valence-electron chi connectivity index (χ4n) is 3.79. The monoisotopic (exact) mass is 494 g/mol. The van der Waals surface area contributed by atoms with Crippen LogP contribution in [0, 0.1) is 10.1 Å². The van der Waals surface area contributed by atoms with Gasteiger partial charge in [0.2, 0.25) is 6.54 Å². The lowest BCUT2D eigenvalue weighted by atomic mass is 9.90. The molecular weight excluding hydrogens is 472 g/mol. The second-order valence-corrected chi connectivity index (χ2v) is 8.33. The Morgan fingerprint density at radius 1 is 1.03 bits per heavy atom. The second kappa shape index (κ2) is 9.87. The molecule has 0 aliphatic rings. The van der Waals surface area contributed by atoms with Gasteiger partial charge in [0.05, 0.1) is 12.5 Å². The SMILES string of the molecule is CCOc1cc([C@H](C[N+](=O)[O-])c2c[nH]c3ccccc23)ccc1OCc1ccc(Br)cc1. The van der Waals surface area contributed by atoms with E-state index in [1.807, 2.05) is 79.9 Å². The molecule has 4 rings (SSSR count). The first-order valence-corrected chi connectivity index (χ1v) is 11.2. The first-order chi connectivity index (χ1) is 15.5. The van der Waals surface area contributed by atoms with Gasteiger partial charge in [0.25, 0.3) is 0 Å². The number of halogens is 1. The molecule has 7 heteroatoms. The van der Waals surface area contributed by atoms with E-state index in [1.54, 1.807) is 0 Å². The van der Waals surface area contributed by atoms with E-state index in [-0.39, 0.29) is 11.5 Å². The number of aromatic nitrogens is 1. The van der Waals surface area contributed by atoms with Crippen molar-refractivity contribution in [1.82, 2.24) is 4.98 Å². The Bertz CT molecular complexity index is 1220. The normalized spacial score (nSPS) is 11.9. The molecule has 6 nitrogen and oxygen atoms in total. The minimum Gasteiger partial charge on any atom is -0.490 e. The standard InChI is InChI=1S/C25H23BrN2O4/c1-2-31-25-13-18(9-12-24(25)32-16-17-7-10-19(26)11-8-17)22(15-28(29)30)21-14-27-23-6-4-3-5-20(21)23/h3-14,22,27H,2,15-16H2,1H3/t22-/m0/s1. The third kappa shape index (κ3) is 4.94. The number of H-pyrrole nitrogens is 1. The first kappa shape index (κ1) is 21.9. The van der Waals surface area contributed by atoms with E-state index >= 15 is 0 Å². The molecule has 0 bridgehead atoms. The van der Waals surface area contributed by atoms with Crippen molar-refractivity contribution < 1.29 is 14.4 Å². The Morgan fingerprint density at radius 2 is 1.81 bits per heavy atom. The Morgan fingerprint density at radius 3 is 2.56 bits per heavy atom. The van der Waals surface area contributed by atoms with Crippen molar-refractivity contribution in [2.45, 2.75) is 19.4 Å². The van der Waals surface area contributed by atoms with E-state index < -0.39 is 5.92 Å². The molecule has 164 valence electrons. The van der Waals surface area contributed by atoms with Gasteiger partial charge in [-0.1, -0.05) is 52.3 Å². The third-order valence-corrected chi connectivity index (χ3v) is 5.83. The van der Waals surface area contributed by atoms with Crippen LogP contribution in [-0.2, 0) is 6.61 Å². The van der Waals surface area contributed by atoms with Gasteiger partial charge in [-0.05, 0) is 53.9 Å². The number of nitro groups is 1. The van der Waals surface area contributed by atoms with Crippen LogP contribution in [-0.4, -0.2) is 23.1 Å². The van der Waals surface area contributed by atoms with Crippen LogP contribution >= 0.6 is 15.9 Å². The second-order valence-electron chi connectivity index (χ2n) is 7.41. The molecule has 0 spiro atoms. The number of hydrogen-bond acceptors (Lipinski definition) is 4. The first-order valence-electron chi connectivity index (χ1n) is 10.4. The van der Waals surface area contributed by atoms with E-state index in [4.69, 9.17) is 9.47 Å². The maximum atomic E-state index is 11.5. The van der Waals surface area contributed by atoms with Gasteiger partial charge in [0.15, 0.2) is 11.5 Å². The molecule has 0 aliphatic heterocycles. The molecule has 0 aliphatic carbocycles. The van der Waals surface area contributed by atoms with E-state index in [1.165, 1.54) is 0 Å². The third-order valence-electron chi connectivity index (χ3n) is 5.31. The zero-order valence-corrected chi connectivity index (χ0v) is 19.2. The van der Waals surface area contributed by atoms with Gasteiger partial charge in [0.1, 0.15) is 6.61 Å². The number of nitrogens with one attached hydrogen (secondary N) is 1. The molecule has 0 fully saturated rings. The summed E-state index contributed by atoms with van der Waals surface area (Å²) in [7, 11) is 0. The lowest BCUT2D eigenvalue weighted by Crippen LogP contribution is -2.14. The van der Waals surface area contributed by atoms with Crippen molar-refractivity contribution in [3.63, 3.8) is 0 Å². The molecule has 1 aromatic heterocycles. The molecule has 0 saturated carbocycles. The quantitative estimate of drug-likeness (QED) is 0.218. The summed E-state index contributed by atoms with van der Waals surface area (Å²) in [6.45, 7) is 2.55. The molecule has 0 radical (unpaired) electrons. The predicted molar refractivity (Wildman–Crippen MR) is 128 cm³/mol. The Kier molecular flexibility index (Phi) is 6.75. The highest BCUT2D eigenvalue weighted by atomic mass is 79.9. The van der Waals surface area contributed by atoms with Gasteiger partial charge in [0, 0.05) is 26.5 Å². The van der Waals surface area contributed by atoms with Gasteiger partial charge in [-0.3, -0.25) is 10.1 Å². The fourth-order valence-corrected chi connectivity index (χ4v) is 4.05. The van der Waals surface area contributed by atoms with Crippen LogP contribution in [0.2, 0.25) is 0 Å². The molecule has 4 aromatic rings. The average molecular weight is 495 g/mol. The number of nitrogens with zero attached hydrogens (tertiary/aromatic N) is 1. The zero-order chi connectivity index (χ0) is 22.5. The summed E-state index contributed by atoms with van der Waals surface area (Å²) in [6, 6.07) is 21.3. The van der Waals surface area contributed by atoms with Crippen LogP contribution < -0.4 is 9.47 Å². The molecule has 0 amide bonds. The number of ether oxygens (including phenoxy) is 2. The van der Waals surface area contributed by atoms with Crippen molar-refractivity contribution in [2.75, 3.05) is 13.2 Å². The molecule has 3 aromatic carbocycles. The highest BCUT2D eigenvalue weighted by molar-refractivity contribution is 9.10. The molecule has 1 atom stereocenters. The smallest absolute Gasteiger partial charge is 0.214 e. The summed E-state index contributed by atoms with van der Waals surface area (Å²) in [4.78, 5) is 14.5. The van der Waals surface area contributed by atoms with Crippen LogP contribution in [0.5, 0.6) is 11.5 Å². The topological polar surface area (TPSA) is 77.4 Å². The van der Waals surface area contributed by atoms with E-state index in [0.717, 1.165) is 32.1 Å². The minimum absolute atomic E-state index is 0.216. The predicted octanol–water partition coefficient (Wildman–Crippen LogP) is 6.32. The summed E-state index contributed by atoms with van der Waals surface area (Å²) in [5.74, 6) is 0.772. The fraction of sp³-hybridized carbons (Fsp3) is 0.200. The maximum Gasteiger partial charge on any atom is 0.214 e. The van der Waals surface area contributed by atoms with Crippen LogP contribution in [0.15, 0.2) is 77.4 Å². The van der Waals surface area contributed by atoms with Gasteiger partial charge >= 0.3 is 0 Å². The summed E-state index contributed by atoms with van der Waals surface area (Å²) in [5, 5.41) is 12.5. The number of benzene rings is 3. The van der Waals surface area contributed by atoms with Crippen molar-refractivity contribution in [1.29, 1.82) is 0 Å². The van der Waals surface area contributed by atoms with Crippen LogP contribution in [0.1, 0.15) is 29.5 Å². The van der Waals surface area contributed by atoms with Crippen molar-refractivity contribution in [3.05, 3.63) is 104 Å². The lowest BCUT2D eigenvalue weighted by Gasteiger charge is -2.17. The van der Waals surface area contributed by atoms with E-state index in [2.05, 4.69) is 20.9 Å². The lowest BCUT2D eigenvalue weighted by molar-refractivity contribution is -0.481. The number of rotatable bonds is 9. The molecule has 1 N–H and O–H groups in total. The Balaban J connectivity index is 1.66. The van der Waals surface area contributed by atoms with Crippen LogP contribution in [0.3, 0.4) is 0 Å². The van der Waals surface area contributed by atoms with E-state index in [0.29, 0.717) is 24.7 Å². The molecular formula is C25H23BrN2O4. The summed E-state index contributed by atoms with van der Waals surface area (Å²) < 4.78 is 12.9. The Hall–Kier alpha value is -3.32. The van der Waals surface area contributed by atoms with Gasteiger partial charge in [-0.25, -0.2) is 0 Å². The summed E-state index contributed by atoms with van der Waals surface area (Å²) >= 11 is 3.43. The molecule has 1 heterocycles. The molecule has 0 unspecified atom stereocenters. The van der Waals surface area contributed by atoms with Crippen molar-refractivity contribution in [3.8, 4) is 11.5 Å². The van der Waals surface area contributed by atoms with Gasteiger partial charge < -0.3 is 14.5 Å². The minimum atomic E-state index is -0.416. The maximum absolute atomic E-state index is 11.5. The van der Waals surface area contributed by atoms with Crippen molar-refractivity contribution in [2.24, 2.45) is 0 Å².